The Morgan fingerprint density at radius 2 is 1.32 bits per heavy atom. The van der Waals surface area contributed by atoms with Crippen LogP contribution in [0.25, 0.3) is 0 Å². The van der Waals surface area contributed by atoms with E-state index in [0.29, 0.717) is 5.06 Å². The quantitative estimate of drug-likeness (QED) is 0.446. The molecular weight excluding hydrogens is 370 g/mol. The van der Waals surface area contributed by atoms with Crippen LogP contribution in [0.3, 0.4) is 0 Å². The molecule has 0 aromatic heterocycles. The van der Waals surface area contributed by atoms with Gasteiger partial charge in [-0.05, 0) is 30.3 Å². The highest BCUT2D eigenvalue weighted by molar-refractivity contribution is 6.21. The van der Waals surface area contributed by atoms with E-state index in [1.807, 2.05) is 0 Å². The summed E-state index contributed by atoms with van der Waals surface area (Å²) in [6.45, 7) is 2.28. The lowest BCUT2D eigenvalue weighted by Crippen LogP contribution is -2.32. The van der Waals surface area contributed by atoms with Gasteiger partial charge < -0.3 is 14.3 Å². The highest BCUT2D eigenvalue weighted by atomic mass is 16.7. The molecule has 1 aliphatic rings. The molecule has 0 spiro atoms. The van der Waals surface area contributed by atoms with E-state index >= 15 is 0 Å². The van der Waals surface area contributed by atoms with Crippen molar-refractivity contribution in [1.29, 1.82) is 0 Å². The number of ether oxygens (including phenoxy) is 2. The first-order valence-electron chi connectivity index (χ1n) is 7.99. The molecule has 0 aliphatic carbocycles. The zero-order chi connectivity index (χ0) is 20.4. The van der Waals surface area contributed by atoms with E-state index in [0.717, 1.165) is 19.9 Å². The van der Waals surface area contributed by atoms with Crippen molar-refractivity contribution in [3.8, 4) is 11.5 Å². The second kappa shape index (κ2) is 7.31. The molecule has 0 saturated heterocycles. The van der Waals surface area contributed by atoms with Crippen LogP contribution in [-0.4, -0.2) is 34.8 Å². The van der Waals surface area contributed by atoms with E-state index in [1.165, 1.54) is 24.3 Å². The summed E-state index contributed by atoms with van der Waals surface area (Å²) in [5.41, 5.74) is 0.0981. The molecule has 0 radical (unpaired) electrons. The SMILES string of the molecule is CC(=O)Oc1ccc(C(=O)ON2C(=O)c3ccccc3C2=O)cc1OC(C)=O. The predicted molar refractivity (Wildman–Crippen MR) is 91.4 cm³/mol. The fourth-order valence-electron chi connectivity index (χ4n) is 2.49. The van der Waals surface area contributed by atoms with E-state index in [9.17, 15) is 24.0 Å². The summed E-state index contributed by atoms with van der Waals surface area (Å²) in [5, 5.41) is 0.360. The molecule has 2 aromatic rings. The van der Waals surface area contributed by atoms with Gasteiger partial charge in [0, 0.05) is 13.8 Å². The first kappa shape index (κ1) is 18.8. The second-order valence-electron chi connectivity index (χ2n) is 5.68. The molecule has 2 amide bonds. The van der Waals surface area contributed by atoms with Gasteiger partial charge in [-0.15, -0.1) is 0 Å². The van der Waals surface area contributed by atoms with Crippen molar-refractivity contribution < 1.29 is 38.3 Å². The van der Waals surface area contributed by atoms with Crippen LogP contribution in [0.15, 0.2) is 42.5 Å². The molecule has 142 valence electrons. The fraction of sp³-hybridized carbons (Fsp3) is 0.105. The van der Waals surface area contributed by atoms with Gasteiger partial charge in [-0.25, -0.2) is 4.79 Å². The Balaban J connectivity index is 1.85. The third-order valence-electron chi connectivity index (χ3n) is 3.62. The van der Waals surface area contributed by atoms with Crippen LogP contribution in [0.5, 0.6) is 11.5 Å². The van der Waals surface area contributed by atoms with Crippen LogP contribution in [0.1, 0.15) is 44.9 Å². The minimum absolute atomic E-state index is 0.0834. The van der Waals surface area contributed by atoms with Gasteiger partial charge in [0.05, 0.1) is 16.7 Å². The Morgan fingerprint density at radius 3 is 1.86 bits per heavy atom. The molecule has 0 bridgehead atoms. The van der Waals surface area contributed by atoms with Gasteiger partial charge in [-0.3, -0.25) is 19.2 Å². The van der Waals surface area contributed by atoms with E-state index in [2.05, 4.69) is 0 Å². The summed E-state index contributed by atoms with van der Waals surface area (Å²) in [6.07, 6.45) is 0. The van der Waals surface area contributed by atoms with Crippen LogP contribution in [0.4, 0.5) is 0 Å². The second-order valence-corrected chi connectivity index (χ2v) is 5.68. The Hall–Kier alpha value is -4.01. The highest BCUT2D eigenvalue weighted by Crippen LogP contribution is 2.30. The van der Waals surface area contributed by atoms with Crippen LogP contribution in [0, 0.1) is 0 Å². The molecule has 9 nitrogen and oxygen atoms in total. The Labute approximate surface area is 158 Å². The lowest BCUT2D eigenvalue weighted by Gasteiger charge is -2.14. The minimum atomic E-state index is -1.04. The molecule has 28 heavy (non-hydrogen) atoms. The van der Waals surface area contributed by atoms with Gasteiger partial charge in [-0.2, -0.15) is 0 Å². The molecule has 0 N–H and O–H groups in total. The molecule has 0 fully saturated rings. The standard InChI is InChI=1S/C19H13NO8/c1-10(21)26-15-8-7-12(9-16(15)27-11(2)22)19(25)28-20-17(23)13-5-3-4-6-14(13)18(20)24/h3-9H,1-2H3. The molecular formula is C19H13NO8. The molecule has 9 heteroatoms. The van der Waals surface area contributed by atoms with Crippen molar-refractivity contribution in [2.24, 2.45) is 0 Å². The third kappa shape index (κ3) is 3.58. The number of rotatable bonds is 4. The number of imide groups is 1. The number of amides is 2. The van der Waals surface area contributed by atoms with Crippen LogP contribution >= 0.6 is 0 Å². The van der Waals surface area contributed by atoms with Crippen LogP contribution < -0.4 is 9.47 Å². The number of hydroxylamine groups is 2. The highest BCUT2D eigenvalue weighted by Gasteiger charge is 2.38. The maximum absolute atomic E-state index is 12.4. The lowest BCUT2D eigenvalue weighted by molar-refractivity contribution is -0.134. The maximum atomic E-state index is 12.4. The number of nitrogens with zero attached hydrogens (tertiary/aromatic N) is 1. The molecule has 0 atom stereocenters. The van der Waals surface area contributed by atoms with Crippen molar-refractivity contribution in [2.75, 3.05) is 0 Å². The number of fused-ring (bicyclic) bond motifs is 1. The van der Waals surface area contributed by atoms with E-state index < -0.39 is 29.7 Å². The molecule has 1 heterocycles. The smallest absolute Gasteiger partial charge is 0.364 e. The topological polar surface area (TPSA) is 116 Å². The van der Waals surface area contributed by atoms with Gasteiger partial charge in [0.2, 0.25) is 0 Å². The summed E-state index contributed by atoms with van der Waals surface area (Å²) in [7, 11) is 0. The molecule has 1 aliphatic heterocycles. The number of hydrogen-bond acceptors (Lipinski definition) is 8. The van der Waals surface area contributed by atoms with Crippen molar-refractivity contribution in [3.05, 3.63) is 59.2 Å². The van der Waals surface area contributed by atoms with Crippen molar-refractivity contribution in [3.63, 3.8) is 0 Å². The summed E-state index contributed by atoms with van der Waals surface area (Å²) in [4.78, 5) is 64.2. The van der Waals surface area contributed by atoms with Gasteiger partial charge in [-0.1, -0.05) is 17.2 Å². The maximum Gasteiger partial charge on any atom is 0.364 e. The predicted octanol–water partition coefficient (Wildman–Crippen LogP) is 1.91. The third-order valence-corrected chi connectivity index (χ3v) is 3.62. The Morgan fingerprint density at radius 1 is 0.786 bits per heavy atom. The average molecular weight is 383 g/mol. The summed E-state index contributed by atoms with van der Waals surface area (Å²) >= 11 is 0. The number of benzene rings is 2. The summed E-state index contributed by atoms with van der Waals surface area (Å²) in [6, 6.07) is 9.58. The fourth-order valence-corrected chi connectivity index (χ4v) is 2.49. The van der Waals surface area contributed by atoms with Gasteiger partial charge >= 0.3 is 17.9 Å². The number of esters is 2. The molecule has 0 unspecified atom stereocenters. The minimum Gasteiger partial charge on any atom is -0.423 e. The van der Waals surface area contributed by atoms with Crippen molar-refractivity contribution in [2.45, 2.75) is 13.8 Å². The molecule has 2 aromatic carbocycles. The first-order valence-corrected chi connectivity index (χ1v) is 7.99. The van der Waals surface area contributed by atoms with E-state index in [-0.39, 0.29) is 28.2 Å². The van der Waals surface area contributed by atoms with Crippen molar-refractivity contribution >= 4 is 29.7 Å². The number of hydrogen-bond donors (Lipinski definition) is 0. The zero-order valence-electron chi connectivity index (χ0n) is 14.8. The molecule has 3 rings (SSSR count). The largest absolute Gasteiger partial charge is 0.423 e. The number of carbonyl (C=O) groups excluding carboxylic acids is 5. The van der Waals surface area contributed by atoms with E-state index in [1.54, 1.807) is 12.1 Å². The molecule has 0 saturated carbocycles. The van der Waals surface area contributed by atoms with Gasteiger partial charge in [0.1, 0.15) is 0 Å². The monoisotopic (exact) mass is 383 g/mol. The Kier molecular flexibility index (Phi) is 4.90. The summed E-state index contributed by atoms with van der Waals surface area (Å²) in [5.74, 6) is -4.23. The Bertz CT molecular complexity index is 991. The summed E-state index contributed by atoms with van der Waals surface area (Å²) < 4.78 is 9.83. The van der Waals surface area contributed by atoms with Crippen LogP contribution in [-0.2, 0) is 14.4 Å². The first-order chi connectivity index (χ1) is 13.3. The van der Waals surface area contributed by atoms with Gasteiger partial charge in [0.25, 0.3) is 11.8 Å². The van der Waals surface area contributed by atoms with E-state index in [4.69, 9.17) is 14.3 Å². The van der Waals surface area contributed by atoms with Crippen LogP contribution in [0.2, 0.25) is 0 Å². The van der Waals surface area contributed by atoms with Crippen molar-refractivity contribution in [1.82, 2.24) is 5.06 Å². The van der Waals surface area contributed by atoms with Gasteiger partial charge in [0.15, 0.2) is 11.5 Å². The zero-order valence-corrected chi connectivity index (χ0v) is 14.8. The lowest BCUT2D eigenvalue weighted by atomic mass is 10.1. The number of carbonyl (C=O) groups is 5. The average Bonchev–Trinajstić information content (AvgIpc) is 2.87. The normalized spacial score (nSPS) is 12.4.